The molecule has 0 aliphatic heterocycles. The van der Waals surface area contributed by atoms with Crippen LogP contribution in [0.5, 0.6) is 5.75 Å². The molecule has 0 N–H and O–H groups in total. The van der Waals surface area contributed by atoms with Crippen molar-refractivity contribution in [2.45, 2.75) is 6.61 Å². The van der Waals surface area contributed by atoms with E-state index in [1.54, 1.807) is 24.4 Å². The third-order valence-electron chi connectivity index (χ3n) is 2.06. The van der Waals surface area contributed by atoms with Gasteiger partial charge in [-0.1, -0.05) is 29.3 Å². The minimum absolute atomic E-state index is 0.0240. The number of hydrogen-bond donors (Lipinski definition) is 0. The van der Waals surface area contributed by atoms with Crippen molar-refractivity contribution in [3.05, 3.63) is 58.1 Å². The molecule has 0 saturated carbocycles. The molecule has 2 aromatic rings. The maximum Gasteiger partial charge on any atom is 0.174 e. The van der Waals surface area contributed by atoms with E-state index in [-0.39, 0.29) is 17.4 Å². The quantitative estimate of drug-likeness (QED) is 0.838. The van der Waals surface area contributed by atoms with Gasteiger partial charge >= 0.3 is 0 Å². The van der Waals surface area contributed by atoms with Crippen LogP contribution in [0.1, 0.15) is 5.69 Å². The average molecular weight is 272 g/mol. The van der Waals surface area contributed by atoms with Gasteiger partial charge in [0.15, 0.2) is 11.6 Å². The van der Waals surface area contributed by atoms with Gasteiger partial charge < -0.3 is 4.74 Å². The summed E-state index contributed by atoms with van der Waals surface area (Å²) in [5.74, 6) is -0.476. The van der Waals surface area contributed by atoms with Crippen LogP contribution in [0.2, 0.25) is 10.0 Å². The molecule has 0 aliphatic carbocycles. The molecule has 0 saturated heterocycles. The van der Waals surface area contributed by atoms with Crippen molar-refractivity contribution in [1.82, 2.24) is 4.98 Å². The van der Waals surface area contributed by atoms with Crippen molar-refractivity contribution < 1.29 is 9.13 Å². The van der Waals surface area contributed by atoms with Gasteiger partial charge in [-0.25, -0.2) is 4.39 Å². The number of halogens is 3. The van der Waals surface area contributed by atoms with Crippen molar-refractivity contribution >= 4 is 23.2 Å². The molecule has 2 nitrogen and oxygen atoms in total. The zero-order chi connectivity index (χ0) is 12.3. The summed E-state index contributed by atoms with van der Waals surface area (Å²) in [4.78, 5) is 4.04. The molecule has 5 heteroatoms. The topological polar surface area (TPSA) is 22.1 Å². The molecule has 0 unspecified atom stereocenters. The van der Waals surface area contributed by atoms with Gasteiger partial charge in [0.25, 0.3) is 0 Å². The minimum Gasteiger partial charge on any atom is -0.483 e. The first-order valence-electron chi connectivity index (χ1n) is 4.84. The number of benzene rings is 1. The zero-order valence-electron chi connectivity index (χ0n) is 8.66. The monoisotopic (exact) mass is 271 g/mol. The van der Waals surface area contributed by atoms with Crippen molar-refractivity contribution in [1.29, 1.82) is 0 Å². The van der Waals surface area contributed by atoms with Crippen LogP contribution < -0.4 is 4.74 Å². The molecule has 1 aromatic heterocycles. The fraction of sp³-hybridized carbons (Fsp3) is 0.0833. The van der Waals surface area contributed by atoms with E-state index in [1.165, 1.54) is 12.1 Å². The summed E-state index contributed by atoms with van der Waals surface area (Å²) in [6.07, 6.45) is 1.56. The lowest BCUT2D eigenvalue weighted by atomic mass is 10.3. The van der Waals surface area contributed by atoms with Crippen LogP contribution in [-0.4, -0.2) is 4.98 Å². The average Bonchev–Trinajstić information content (AvgIpc) is 2.28. The second-order valence-electron chi connectivity index (χ2n) is 3.30. The molecular weight excluding hydrogens is 264 g/mol. The fourth-order valence-corrected chi connectivity index (χ4v) is 1.69. The first-order chi connectivity index (χ1) is 8.16. The number of pyridine rings is 1. The molecule has 1 heterocycles. The van der Waals surface area contributed by atoms with Gasteiger partial charge in [0.05, 0.1) is 10.7 Å². The van der Waals surface area contributed by atoms with E-state index >= 15 is 0 Å². The van der Waals surface area contributed by atoms with Gasteiger partial charge in [0.2, 0.25) is 0 Å². The summed E-state index contributed by atoms with van der Waals surface area (Å²) in [7, 11) is 0. The van der Waals surface area contributed by atoms with Crippen LogP contribution in [0.25, 0.3) is 0 Å². The Balaban J connectivity index is 2.13. The summed E-state index contributed by atoms with van der Waals surface area (Å²) < 4.78 is 18.7. The van der Waals surface area contributed by atoms with E-state index in [9.17, 15) is 4.39 Å². The van der Waals surface area contributed by atoms with Crippen LogP contribution in [0.4, 0.5) is 4.39 Å². The predicted octanol–water partition coefficient (Wildman–Crippen LogP) is 4.11. The number of para-hydroxylation sites is 1. The van der Waals surface area contributed by atoms with Crippen molar-refractivity contribution in [2.75, 3.05) is 0 Å². The van der Waals surface area contributed by atoms with E-state index in [2.05, 4.69) is 4.98 Å². The molecule has 0 bridgehead atoms. The first-order valence-corrected chi connectivity index (χ1v) is 5.59. The Hall–Kier alpha value is -1.32. The summed E-state index contributed by atoms with van der Waals surface area (Å²) >= 11 is 11.6. The highest BCUT2D eigenvalue weighted by Gasteiger charge is 2.08. The third-order valence-corrected chi connectivity index (χ3v) is 2.59. The highest BCUT2D eigenvalue weighted by molar-refractivity contribution is 6.32. The molecule has 0 amide bonds. The van der Waals surface area contributed by atoms with Gasteiger partial charge in [-0.05, 0) is 24.3 Å². The molecule has 88 valence electrons. The Morgan fingerprint density at radius 3 is 2.76 bits per heavy atom. The Morgan fingerprint density at radius 1 is 1.24 bits per heavy atom. The normalized spacial score (nSPS) is 10.3. The van der Waals surface area contributed by atoms with Crippen molar-refractivity contribution in [3.8, 4) is 5.75 Å². The molecule has 0 spiro atoms. The molecule has 0 fully saturated rings. The summed E-state index contributed by atoms with van der Waals surface area (Å²) in [5.41, 5.74) is 0.608. The molecule has 1 aromatic carbocycles. The van der Waals surface area contributed by atoms with E-state index in [1.807, 2.05) is 0 Å². The second kappa shape index (κ2) is 5.34. The summed E-state index contributed by atoms with van der Waals surface area (Å²) in [6.45, 7) is 0.112. The summed E-state index contributed by atoms with van der Waals surface area (Å²) in [5, 5.41) is 0.783. The van der Waals surface area contributed by atoms with Crippen LogP contribution >= 0.6 is 23.2 Å². The largest absolute Gasteiger partial charge is 0.483 e. The van der Waals surface area contributed by atoms with E-state index in [0.717, 1.165) is 0 Å². The van der Waals surface area contributed by atoms with Crippen LogP contribution in [0.15, 0.2) is 36.5 Å². The Morgan fingerprint density at radius 2 is 2.06 bits per heavy atom. The Kier molecular flexibility index (Phi) is 3.82. The van der Waals surface area contributed by atoms with Crippen LogP contribution in [0, 0.1) is 5.82 Å². The fourth-order valence-electron chi connectivity index (χ4n) is 1.29. The smallest absolute Gasteiger partial charge is 0.174 e. The maximum absolute atomic E-state index is 13.4. The van der Waals surface area contributed by atoms with Crippen LogP contribution in [-0.2, 0) is 6.61 Å². The summed E-state index contributed by atoms with van der Waals surface area (Å²) in [6, 6.07) is 7.66. The predicted molar refractivity (Wildman–Crippen MR) is 65.0 cm³/mol. The second-order valence-corrected chi connectivity index (χ2v) is 4.15. The molecule has 0 radical (unpaired) electrons. The SMILES string of the molecule is Fc1cccc(Cl)c1OCc1cc(Cl)ccn1. The van der Waals surface area contributed by atoms with Gasteiger partial charge in [0.1, 0.15) is 6.61 Å². The number of hydrogen-bond acceptors (Lipinski definition) is 2. The van der Waals surface area contributed by atoms with Gasteiger partial charge in [-0.15, -0.1) is 0 Å². The number of ether oxygens (including phenoxy) is 1. The lowest BCUT2D eigenvalue weighted by Crippen LogP contribution is -2.00. The molecule has 2 rings (SSSR count). The number of nitrogens with zero attached hydrogens (tertiary/aromatic N) is 1. The Labute approximate surface area is 108 Å². The molecule has 0 aliphatic rings. The maximum atomic E-state index is 13.4. The lowest BCUT2D eigenvalue weighted by molar-refractivity contribution is 0.286. The highest BCUT2D eigenvalue weighted by Crippen LogP contribution is 2.27. The van der Waals surface area contributed by atoms with E-state index < -0.39 is 5.82 Å². The van der Waals surface area contributed by atoms with E-state index in [4.69, 9.17) is 27.9 Å². The van der Waals surface area contributed by atoms with Gasteiger partial charge in [0, 0.05) is 11.2 Å². The molecule has 0 atom stereocenters. The standard InChI is InChI=1S/C12H8Cl2FNO/c13-8-4-5-16-9(6-8)7-17-12-10(14)2-1-3-11(12)15/h1-6H,7H2. The minimum atomic E-state index is -0.500. The lowest BCUT2D eigenvalue weighted by Gasteiger charge is -2.08. The van der Waals surface area contributed by atoms with Gasteiger partial charge in [-0.3, -0.25) is 4.98 Å². The molecule has 17 heavy (non-hydrogen) atoms. The van der Waals surface area contributed by atoms with Gasteiger partial charge in [-0.2, -0.15) is 0 Å². The Bertz CT molecular complexity index is 513. The molecular formula is C12H8Cl2FNO. The van der Waals surface area contributed by atoms with E-state index in [0.29, 0.717) is 10.7 Å². The van der Waals surface area contributed by atoms with Crippen LogP contribution in [0.3, 0.4) is 0 Å². The third kappa shape index (κ3) is 3.08. The number of aromatic nitrogens is 1. The first kappa shape index (κ1) is 12.1. The van der Waals surface area contributed by atoms with Crippen molar-refractivity contribution in [3.63, 3.8) is 0 Å². The number of rotatable bonds is 3. The van der Waals surface area contributed by atoms with Crippen molar-refractivity contribution in [2.24, 2.45) is 0 Å². The zero-order valence-corrected chi connectivity index (χ0v) is 10.2. The highest BCUT2D eigenvalue weighted by atomic mass is 35.5.